The van der Waals surface area contributed by atoms with Gasteiger partial charge in [-0.1, -0.05) is 11.6 Å². The Hall–Kier alpha value is -0.940. The van der Waals surface area contributed by atoms with Crippen LogP contribution in [0.2, 0.25) is 5.02 Å². The van der Waals surface area contributed by atoms with Crippen molar-refractivity contribution < 1.29 is 4.39 Å². The Morgan fingerprint density at radius 3 is 3.00 bits per heavy atom. The summed E-state index contributed by atoms with van der Waals surface area (Å²) < 4.78 is 15.1. The number of hydrogen-bond donors (Lipinski definition) is 1. The molecule has 0 atom stereocenters. The Labute approximate surface area is 102 Å². The molecule has 2 N–H and O–H groups in total. The number of rotatable bonds is 3. The summed E-state index contributed by atoms with van der Waals surface area (Å²) >= 11 is 7.45. The molecule has 3 nitrogen and oxygen atoms in total. The molecule has 0 saturated heterocycles. The fourth-order valence-electron chi connectivity index (χ4n) is 1.56. The van der Waals surface area contributed by atoms with Gasteiger partial charge in [0.1, 0.15) is 5.82 Å². The van der Waals surface area contributed by atoms with Gasteiger partial charge in [-0.15, -0.1) is 0 Å². The minimum Gasteiger partial charge on any atom is -0.369 e. The second kappa shape index (κ2) is 4.51. The van der Waals surface area contributed by atoms with Gasteiger partial charge in [0.15, 0.2) is 0 Å². The second-order valence-corrected chi connectivity index (χ2v) is 4.76. The number of aromatic nitrogens is 2. The molecule has 2 aromatic rings. The summed E-state index contributed by atoms with van der Waals surface area (Å²) in [5, 5.41) is 0.0952. The molecule has 0 aliphatic carbocycles. The molecule has 16 heavy (non-hydrogen) atoms. The van der Waals surface area contributed by atoms with Crippen LogP contribution in [-0.2, 0) is 6.54 Å². The number of hydrogen-bond acceptors (Lipinski definition) is 3. The Morgan fingerprint density at radius 1 is 1.56 bits per heavy atom. The molecule has 0 bridgehead atoms. The number of fused-ring (bicyclic) bond motifs is 1. The van der Waals surface area contributed by atoms with Crippen molar-refractivity contribution in [2.24, 2.45) is 0 Å². The van der Waals surface area contributed by atoms with E-state index in [2.05, 4.69) is 4.98 Å². The van der Waals surface area contributed by atoms with Gasteiger partial charge in [0.05, 0.1) is 16.1 Å². The molecule has 0 saturated carbocycles. The minimum atomic E-state index is -0.469. The highest BCUT2D eigenvalue weighted by Crippen LogP contribution is 2.24. The normalized spacial score (nSPS) is 11.2. The summed E-state index contributed by atoms with van der Waals surface area (Å²) in [5.41, 5.74) is 7.09. The van der Waals surface area contributed by atoms with E-state index in [1.807, 2.05) is 10.8 Å². The van der Waals surface area contributed by atoms with Gasteiger partial charge in [0.2, 0.25) is 5.95 Å². The summed E-state index contributed by atoms with van der Waals surface area (Å²) in [5.74, 6) is 0.847. The lowest BCUT2D eigenvalue weighted by atomic mass is 10.3. The molecule has 0 unspecified atom stereocenters. The van der Waals surface area contributed by atoms with E-state index in [0.29, 0.717) is 11.5 Å². The van der Waals surface area contributed by atoms with Crippen LogP contribution in [0.4, 0.5) is 10.3 Å². The van der Waals surface area contributed by atoms with Crippen molar-refractivity contribution in [1.82, 2.24) is 9.55 Å². The molecule has 0 aliphatic rings. The number of thioether (sulfide) groups is 1. The smallest absolute Gasteiger partial charge is 0.201 e. The average Bonchev–Trinajstić information content (AvgIpc) is 2.52. The first-order chi connectivity index (χ1) is 7.63. The van der Waals surface area contributed by atoms with Crippen molar-refractivity contribution in [3.63, 3.8) is 0 Å². The van der Waals surface area contributed by atoms with Crippen molar-refractivity contribution in [3.05, 3.63) is 23.0 Å². The van der Waals surface area contributed by atoms with Crippen LogP contribution >= 0.6 is 23.4 Å². The molecular formula is C10H11ClFN3S. The van der Waals surface area contributed by atoms with Gasteiger partial charge in [-0.25, -0.2) is 9.37 Å². The number of aryl methyl sites for hydroxylation is 1. The third-order valence-corrected chi connectivity index (χ3v) is 3.22. The molecule has 1 aromatic carbocycles. The summed E-state index contributed by atoms with van der Waals surface area (Å²) in [6, 6.07) is 2.87. The summed E-state index contributed by atoms with van der Waals surface area (Å²) in [6.45, 7) is 0.742. The van der Waals surface area contributed by atoms with E-state index in [1.54, 1.807) is 17.8 Å². The molecule has 0 fully saturated rings. The molecule has 2 rings (SSSR count). The van der Waals surface area contributed by atoms with Gasteiger partial charge in [0, 0.05) is 18.4 Å². The predicted octanol–water partition coefficient (Wildman–Crippen LogP) is 2.77. The molecule has 0 amide bonds. The number of imidazole rings is 1. The van der Waals surface area contributed by atoms with E-state index in [9.17, 15) is 4.39 Å². The lowest BCUT2D eigenvalue weighted by Gasteiger charge is -2.04. The Kier molecular flexibility index (Phi) is 3.25. The zero-order valence-corrected chi connectivity index (χ0v) is 10.3. The standard InChI is InChI=1S/C10H11ClFN3S/c1-16-3-2-15-9-4-6(11)7(12)5-8(9)14-10(15)13/h4-5H,2-3H2,1H3,(H2,13,14). The number of benzene rings is 1. The first-order valence-corrected chi connectivity index (χ1v) is 6.50. The van der Waals surface area contributed by atoms with Gasteiger partial charge in [-0.05, 0) is 12.3 Å². The number of anilines is 1. The van der Waals surface area contributed by atoms with Crippen molar-refractivity contribution >= 4 is 40.3 Å². The van der Waals surface area contributed by atoms with Gasteiger partial charge >= 0.3 is 0 Å². The molecule has 86 valence electrons. The second-order valence-electron chi connectivity index (χ2n) is 3.37. The largest absolute Gasteiger partial charge is 0.369 e. The lowest BCUT2D eigenvalue weighted by molar-refractivity contribution is 0.629. The van der Waals surface area contributed by atoms with Gasteiger partial charge in [0.25, 0.3) is 0 Å². The molecule has 0 spiro atoms. The van der Waals surface area contributed by atoms with Gasteiger partial charge in [-0.2, -0.15) is 11.8 Å². The SMILES string of the molecule is CSCCn1c(N)nc2cc(F)c(Cl)cc21. The lowest BCUT2D eigenvalue weighted by Crippen LogP contribution is -2.04. The van der Waals surface area contributed by atoms with E-state index in [4.69, 9.17) is 17.3 Å². The molecule has 1 heterocycles. The fourth-order valence-corrected chi connectivity index (χ4v) is 2.08. The molecule has 0 radical (unpaired) electrons. The first-order valence-electron chi connectivity index (χ1n) is 4.73. The monoisotopic (exact) mass is 259 g/mol. The Morgan fingerprint density at radius 2 is 2.31 bits per heavy atom. The Balaban J connectivity index is 2.55. The minimum absolute atomic E-state index is 0.0952. The zero-order valence-electron chi connectivity index (χ0n) is 8.70. The van der Waals surface area contributed by atoms with Crippen LogP contribution in [0, 0.1) is 5.82 Å². The number of nitrogens with two attached hydrogens (primary N) is 1. The average molecular weight is 260 g/mol. The maximum absolute atomic E-state index is 13.2. The highest BCUT2D eigenvalue weighted by Gasteiger charge is 2.11. The maximum Gasteiger partial charge on any atom is 0.201 e. The number of nitrogen functional groups attached to an aromatic ring is 1. The summed E-state index contributed by atoms with van der Waals surface area (Å²) in [6.07, 6.45) is 2.02. The summed E-state index contributed by atoms with van der Waals surface area (Å²) in [7, 11) is 0. The topological polar surface area (TPSA) is 43.8 Å². The first kappa shape index (κ1) is 11.5. The number of halogens is 2. The van der Waals surface area contributed by atoms with E-state index in [-0.39, 0.29) is 5.02 Å². The predicted molar refractivity (Wildman–Crippen MR) is 67.5 cm³/mol. The van der Waals surface area contributed by atoms with Crippen LogP contribution in [0.5, 0.6) is 0 Å². The zero-order chi connectivity index (χ0) is 11.7. The summed E-state index contributed by atoms with van der Waals surface area (Å²) in [4.78, 5) is 4.10. The fraction of sp³-hybridized carbons (Fsp3) is 0.300. The van der Waals surface area contributed by atoms with Crippen molar-refractivity contribution in [2.75, 3.05) is 17.7 Å². The van der Waals surface area contributed by atoms with E-state index in [1.165, 1.54) is 6.07 Å². The van der Waals surface area contributed by atoms with Crippen LogP contribution in [0.15, 0.2) is 12.1 Å². The highest BCUT2D eigenvalue weighted by atomic mass is 35.5. The van der Waals surface area contributed by atoms with Gasteiger partial charge < -0.3 is 10.3 Å². The van der Waals surface area contributed by atoms with Crippen LogP contribution < -0.4 is 5.73 Å². The van der Waals surface area contributed by atoms with Crippen molar-refractivity contribution in [1.29, 1.82) is 0 Å². The maximum atomic E-state index is 13.2. The van der Waals surface area contributed by atoms with Crippen molar-refractivity contribution in [3.8, 4) is 0 Å². The van der Waals surface area contributed by atoms with Crippen LogP contribution in [-0.4, -0.2) is 21.6 Å². The molecular weight excluding hydrogens is 249 g/mol. The Bertz CT molecular complexity index is 526. The highest BCUT2D eigenvalue weighted by molar-refractivity contribution is 7.98. The molecule has 1 aromatic heterocycles. The van der Waals surface area contributed by atoms with Crippen LogP contribution in [0.1, 0.15) is 0 Å². The van der Waals surface area contributed by atoms with Crippen LogP contribution in [0.25, 0.3) is 11.0 Å². The van der Waals surface area contributed by atoms with E-state index < -0.39 is 5.82 Å². The van der Waals surface area contributed by atoms with Gasteiger partial charge in [-0.3, -0.25) is 0 Å². The third kappa shape index (κ3) is 1.97. The van der Waals surface area contributed by atoms with Crippen molar-refractivity contribution in [2.45, 2.75) is 6.54 Å². The van der Waals surface area contributed by atoms with E-state index >= 15 is 0 Å². The van der Waals surface area contributed by atoms with E-state index in [0.717, 1.165) is 17.8 Å². The third-order valence-electron chi connectivity index (χ3n) is 2.34. The quantitative estimate of drug-likeness (QED) is 0.922. The molecule has 6 heteroatoms. The van der Waals surface area contributed by atoms with Crippen LogP contribution in [0.3, 0.4) is 0 Å². The molecule has 0 aliphatic heterocycles. The number of nitrogens with zero attached hydrogens (tertiary/aromatic N) is 2.